The summed E-state index contributed by atoms with van der Waals surface area (Å²) in [6.45, 7) is 1.14. The molecule has 0 spiro atoms. The fourth-order valence-corrected chi connectivity index (χ4v) is 3.49. The van der Waals surface area contributed by atoms with Crippen LogP contribution in [0.3, 0.4) is 0 Å². The monoisotopic (exact) mass is 386 g/mol. The average molecular weight is 388 g/mol. The van der Waals surface area contributed by atoms with Crippen molar-refractivity contribution in [3.05, 3.63) is 22.4 Å². The Morgan fingerprint density at radius 2 is 2.25 bits per heavy atom. The fraction of sp³-hybridized carbons (Fsp3) is 0.500. The lowest BCUT2D eigenvalue weighted by molar-refractivity contribution is 0.0902. The molecule has 0 aliphatic carbocycles. The zero-order valence-corrected chi connectivity index (χ0v) is 13.6. The molecule has 0 aromatic heterocycles. The van der Waals surface area contributed by atoms with Crippen molar-refractivity contribution in [3.63, 3.8) is 0 Å². The van der Waals surface area contributed by atoms with Gasteiger partial charge in [-0.1, -0.05) is 0 Å². The minimum Gasteiger partial charge on any atom is -0.492 e. The highest BCUT2D eigenvalue weighted by atomic mass is 79.9. The highest BCUT2D eigenvalue weighted by Crippen LogP contribution is 2.32. The highest BCUT2D eigenvalue weighted by Gasteiger charge is 2.20. The van der Waals surface area contributed by atoms with Gasteiger partial charge >= 0.3 is 0 Å². The van der Waals surface area contributed by atoms with Crippen LogP contribution in [0.25, 0.3) is 0 Å². The first kappa shape index (κ1) is 16.0. The summed E-state index contributed by atoms with van der Waals surface area (Å²) >= 11 is 3.14. The molecule has 1 heterocycles. The Morgan fingerprint density at radius 1 is 1.50 bits per heavy atom. The lowest BCUT2D eigenvalue weighted by Gasteiger charge is -2.12. The molecule has 112 valence electrons. The van der Waals surface area contributed by atoms with Gasteiger partial charge in [-0.2, -0.15) is 0 Å². The summed E-state index contributed by atoms with van der Waals surface area (Å²) in [7, 11) is 1.02. The van der Waals surface area contributed by atoms with Gasteiger partial charge in [-0.25, -0.2) is 12.8 Å². The third kappa shape index (κ3) is 4.07. The lowest BCUT2D eigenvalue weighted by Crippen LogP contribution is -2.11. The maximum absolute atomic E-state index is 13.7. The normalized spacial score (nSPS) is 19.2. The minimum atomic E-state index is -4.11. The summed E-state index contributed by atoms with van der Waals surface area (Å²) in [5.74, 6) is -0.695. The number of benzene rings is 1. The Labute approximate surface area is 129 Å². The molecule has 0 amide bonds. The van der Waals surface area contributed by atoms with Gasteiger partial charge in [0.15, 0.2) is 0 Å². The van der Waals surface area contributed by atoms with E-state index in [2.05, 4.69) is 15.9 Å². The molecule has 20 heavy (non-hydrogen) atoms. The Bertz CT molecular complexity index is 587. The van der Waals surface area contributed by atoms with Crippen LogP contribution in [0.15, 0.2) is 21.5 Å². The lowest BCUT2D eigenvalue weighted by atomic mass is 10.2. The molecule has 1 saturated heterocycles. The van der Waals surface area contributed by atoms with E-state index in [0.717, 1.165) is 31.6 Å². The Morgan fingerprint density at radius 3 is 2.85 bits per heavy atom. The van der Waals surface area contributed by atoms with Crippen LogP contribution in [0.5, 0.6) is 5.75 Å². The molecule has 0 saturated carbocycles. The van der Waals surface area contributed by atoms with Gasteiger partial charge in [-0.3, -0.25) is 0 Å². The summed E-state index contributed by atoms with van der Waals surface area (Å²) in [5.41, 5.74) is 0. The van der Waals surface area contributed by atoms with Gasteiger partial charge in [0.2, 0.25) is 0 Å². The van der Waals surface area contributed by atoms with E-state index < -0.39 is 19.8 Å². The summed E-state index contributed by atoms with van der Waals surface area (Å²) in [5, 5.41) is 0. The van der Waals surface area contributed by atoms with Crippen molar-refractivity contribution in [2.75, 3.05) is 13.2 Å². The van der Waals surface area contributed by atoms with Gasteiger partial charge in [0.25, 0.3) is 9.05 Å². The van der Waals surface area contributed by atoms with E-state index in [-0.39, 0.29) is 11.9 Å². The zero-order chi connectivity index (χ0) is 14.8. The highest BCUT2D eigenvalue weighted by molar-refractivity contribution is 9.10. The number of hydrogen-bond acceptors (Lipinski definition) is 4. The molecule has 0 bridgehead atoms. The van der Waals surface area contributed by atoms with Crippen LogP contribution in [0.2, 0.25) is 0 Å². The molecule has 1 aromatic carbocycles. The van der Waals surface area contributed by atoms with E-state index in [1.165, 1.54) is 0 Å². The molecule has 1 aliphatic rings. The summed E-state index contributed by atoms with van der Waals surface area (Å²) in [4.78, 5) is -0.572. The third-order valence-corrected chi connectivity index (χ3v) is 4.93. The topological polar surface area (TPSA) is 52.6 Å². The Kier molecular flexibility index (Phi) is 5.28. The van der Waals surface area contributed by atoms with Crippen LogP contribution in [0.1, 0.15) is 19.3 Å². The van der Waals surface area contributed by atoms with Crippen molar-refractivity contribution in [1.29, 1.82) is 0 Å². The van der Waals surface area contributed by atoms with E-state index in [1.807, 2.05) is 0 Å². The number of halogens is 3. The van der Waals surface area contributed by atoms with Crippen LogP contribution in [-0.4, -0.2) is 27.7 Å². The molecule has 0 N–H and O–H groups in total. The molecule has 8 heteroatoms. The van der Waals surface area contributed by atoms with Crippen molar-refractivity contribution in [3.8, 4) is 5.75 Å². The molecule has 1 aromatic rings. The van der Waals surface area contributed by atoms with Crippen LogP contribution < -0.4 is 4.74 Å². The predicted octanol–water partition coefficient (Wildman–Crippen LogP) is 3.46. The van der Waals surface area contributed by atoms with Crippen LogP contribution in [0, 0.1) is 5.82 Å². The van der Waals surface area contributed by atoms with Crippen molar-refractivity contribution in [2.24, 2.45) is 0 Å². The second-order valence-electron chi connectivity index (χ2n) is 4.42. The second-order valence-corrected chi connectivity index (χ2v) is 7.81. The first-order chi connectivity index (χ1) is 9.38. The number of ether oxygens (including phenoxy) is 2. The molecule has 1 fully saturated rings. The van der Waals surface area contributed by atoms with Crippen molar-refractivity contribution < 1.29 is 22.3 Å². The fourth-order valence-electron chi connectivity index (χ4n) is 1.98. The molecule has 1 atom stereocenters. The second kappa shape index (κ2) is 6.60. The molecule has 1 unspecified atom stereocenters. The molecular weight excluding hydrogens is 375 g/mol. The van der Waals surface area contributed by atoms with E-state index in [1.54, 1.807) is 0 Å². The Hall–Kier alpha value is -0.370. The number of hydrogen-bond donors (Lipinski definition) is 0. The quantitative estimate of drug-likeness (QED) is 0.726. The molecule has 0 radical (unpaired) electrons. The maximum Gasteiger partial charge on any atom is 0.264 e. The molecule has 4 nitrogen and oxygen atoms in total. The van der Waals surface area contributed by atoms with Crippen molar-refractivity contribution >= 4 is 35.7 Å². The smallest absolute Gasteiger partial charge is 0.264 e. The maximum atomic E-state index is 13.7. The first-order valence-corrected chi connectivity index (χ1v) is 9.16. The molecule has 1 aliphatic heterocycles. The summed E-state index contributed by atoms with van der Waals surface area (Å²) in [6, 6.07) is 2.11. The SMILES string of the molecule is O=S(=O)(Cl)c1cc(Br)c(OCCC2CCCO2)cc1F. The van der Waals surface area contributed by atoms with Crippen LogP contribution in [0.4, 0.5) is 4.39 Å². The van der Waals surface area contributed by atoms with Gasteiger partial charge in [0, 0.05) is 29.8 Å². The van der Waals surface area contributed by atoms with Gasteiger partial charge in [0.1, 0.15) is 16.5 Å². The largest absolute Gasteiger partial charge is 0.492 e. The van der Waals surface area contributed by atoms with E-state index in [0.29, 0.717) is 17.5 Å². The number of rotatable bonds is 5. The Balaban J connectivity index is 2.03. The standard InChI is InChI=1S/C12H13BrClFO4S/c13-9-6-12(20(14,16)17)10(15)7-11(9)19-5-3-8-2-1-4-18-8/h6-8H,1-5H2. The first-order valence-electron chi connectivity index (χ1n) is 6.06. The van der Waals surface area contributed by atoms with E-state index in [4.69, 9.17) is 20.2 Å². The summed E-state index contributed by atoms with van der Waals surface area (Å²) < 4.78 is 47.2. The molecule has 2 rings (SSSR count). The molecular formula is C12H13BrClFO4S. The minimum absolute atomic E-state index is 0.182. The average Bonchev–Trinajstić information content (AvgIpc) is 2.84. The zero-order valence-electron chi connectivity index (χ0n) is 10.4. The van der Waals surface area contributed by atoms with Gasteiger partial charge < -0.3 is 9.47 Å². The van der Waals surface area contributed by atoms with Gasteiger partial charge in [-0.05, 0) is 34.8 Å². The van der Waals surface area contributed by atoms with E-state index >= 15 is 0 Å². The summed E-state index contributed by atoms with van der Waals surface area (Å²) in [6.07, 6.45) is 2.94. The van der Waals surface area contributed by atoms with Gasteiger partial charge in [0.05, 0.1) is 17.2 Å². The van der Waals surface area contributed by atoms with Crippen LogP contribution in [-0.2, 0) is 13.8 Å². The van der Waals surface area contributed by atoms with Crippen LogP contribution >= 0.6 is 26.6 Å². The van der Waals surface area contributed by atoms with Gasteiger partial charge in [-0.15, -0.1) is 0 Å². The van der Waals surface area contributed by atoms with Crippen molar-refractivity contribution in [2.45, 2.75) is 30.3 Å². The van der Waals surface area contributed by atoms with Crippen molar-refractivity contribution in [1.82, 2.24) is 0 Å². The third-order valence-electron chi connectivity index (χ3n) is 2.97. The van der Waals surface area contributed by atoms with E-state index in [9.17, 15) is 12.8 Å². The predicted molar refractivity (Wildman–Crippen MR) is 76.2 cm³/mol.